The van der Waals surface area contributed by atoms with Gasteiger partial charge in [-0.15, -0.1) is 0 Å². The van der Waals surface area contributed by atoms with E-state index in [0.717, 1.165) is 23.3 Å². The van der Waals surface area contributed by atoms with Crippen molar-refractivity contribution in [2.24, 2.45) is 17.3 Å². The quantitative estimate of drug-likeness (QED) is 0.236. The Labute approximate surface area is 257 Å². The number of fused-ring (bicyclic) bond motifs is 6. The predicted molar refractivity (Wildman–Crippen MR) is 169 cm³/mol. The van der Waals surface area contributed by atoms with Crippen LogP contribution < -0.4 is 10.9 Å². The second kappa shape index (κ2) is 11.6. The van der Waals surface area contributed by atoms with Gasteiger partial charge in [-0.1, -0.05) is 55.0 Å². The van der Waals surface area contributed by atoms with E-state index < -0.39 is 11.7 Å². The Balaban J connectivity index is 0.962. The van der Waals surface area contributed by atoms with Gasteiger partial charge >= 0.3 is 0 Å². The van der Waals surface area contributed by atoms with E-state index in [9.17, 15) is 14.0 Å². The number of carbonyl (C=O) groups is 1. The number of rotatable bonds is 7. The van der Waals surface area contributed by atoms with Crippen molar-refractivity contribution in [3.8, 4) is 0 Å². The monoisotopic (exact) mass is 593 g/mol. The first-order valence-corrected chi connectivity index (χ1v) is 16.1. The molecule has 1 aromatic heterocycles. The first kappa shape index (κ1) is 28.9. The molecule has 228 valence electrons. The third-order valence-electron chi connectivity index (χ3n) is 10.9. The van der Waals surface area contributed by atoms with E-state index in [2.05, 4.69) is 47.6 Å². The fourth-order valence-electron chi connectivity index (χ4n) is 8.75. The molecule has 0 unspecified atom stereocenters. The molecule has 0 bridgehead atoms. The molecule has 6 nitrogen and oxygen atoms in total. The minimum atomic E-state index is -0.571. The van der Waals surface area contributed by atoms with Crippen LogP contribution in [-0.2, 0) is 17.6 Å². The maximum absolute atomic E-state index is 14.7. The van der Waals surface area contributed by atoms with Crippen molar-refractivity contribution in [2.75, 3.05) is 13.2 Å². The Morgan fingerprint density at radius 2 is 1.91 bits per heavy atom. The second-order valence-corrected chi connectivity index (χ2v) is 13.4. The number of H-pyrrole nitrogens is 1. The zero-order valence-corrected chi connectivity index (χ0v) is 25.5. The van der Waals surface area contributed by atoms with Gasteiger partial charge in [0.05, 0.1) is 29.4 Å². The number of nitrogens with zero attached hydrogens (tertiary/aromatic N) is 1. The molecule has 2 saturated carbocycles. The van der Waals surface area contributed by atoms with Crippen LogP contribution in [0, 0.1) is 30.0 Å². The molecule has 0 saturated heterocycles. The summed E-state index contributed by atoms with van der Waals surface area (Å²) < 4.78 is 21.2. The van der Waals surface area contributed by atoms with Gasteiger partial charge in [0.1, 0.15) is 5.82 Å². The number of aromatic nitrogens is 2. The van der Waals surface area contributed by atoms with Crippen LogP contribution in [-0.4, -0.2) is 35.4 Å². The van der Waals surface area contributed by atoms with Crippen LogP contribution in [0.3, 0.4) is 0 Å². The lowest BCUT2D eigenvalue weighted by Gasteiger charge is -2.50. The van der Waals surface area contributed by atoms with Crippen LogP contribution in [0.25, 0.3) is 10.8 Å². The minimum absolute atomic E-state index is 0.00443. The summed E-state index contributed by atoms with van der Waals surface area (Å²) in [4.78, 5) is 25.2. The molecule has 3 aliphatic rings. The van der Waals surface area contributed by atoms with E-state index in [4.69, 9.17) is 4.74 Å². The Kier molecular flexibility index (Phi) is 7.61. The first-order chi connectivity index (χ1) is 21.3. The highest BCUT2D eigenvalue weighted by Gasteiger charge is 2.55. The third-order valence-corrected chi connectivity index (χ3v) is 10.9. The molecule has 4 aromatic rings. The van der Waals surface area contributed by atoms with Crippen molar-refractivity contribution in [1.29, 1.82) is 0 Å². The average Bonchev–Trinajstić information content (AvgIpc) is 3.37. The zero-order chi connectivity index (χ0) is 30.4. The molecule has 0 spiro atoms. The fraction of sp³-hybridized carbons (Fsp3) is 0.432. The summed E-state index contributed by atoms with van der Waals surface area (Å²) in [5.74, 6) is 1.02. The average molecular weight is 594 g/mol. The van der Waals surface area contributed by atoms with Crippen molar-refractivity contribution >= 4 is 16.7 Å². The SMILES string of the molecule is Cc1ccc2c(c1)CC[C@@H]1[C@@H]2CC[C@]2(C)[C@@H](OCCNC(=O)c3cc(Cc4n[nH]c(=O)c5ccccc45)ccc3F)CC[C@@H]12. The van der Waals surface area contributed by atoms with Crippen molar-refractivity contribution < 1.29 is 13.9 Å². The van der Waals surface area contributed by atoms with Crippen molar-refractivity contribution in [3.63, 3.8) is 0 Å². The number of aromatic amines is 1. The Morgan fingerprint density at radius 3 is 2.77 bits per heavy atom. The van der Waals surface area contributed by atoms with E-state index in [1.165, 1.54) is 43.7 Å². The van der Waals surface area contributed by atoms with Crippen LogP contribution in [0.4, 0.5) is 4.39 Å². The number of benzene rings is 3. The lowest BCUT2D eigenvalue weighted by molar-refractivity contribution is -0.0624. The molecule has 1 heterocycles. The van der Waals surface area contributed by atoms with Gasteiger partial charge in [0.2, 0.25) is 0 Å². The van der Waals surface area contributed by atoms with E-state index >= 15 is 0 Å². The summed E-state index contributed by atoms with van der Waals surface area (Å²) >= 11 is 0. The highest BCUT2D eigenvalue weighted by Crippen LogP contribution is 2.61. The van der Waals surface area contributed by atoms with Crippen molar-refractivity contribution in [3.05, 3.63) is 110 Å². The Morgan fingerprint density at radius 1 is 1.07 bits per heavy atom. The molecular formula is C37H40FN3O3. The van der Waals surface area contributed by atoms with E-state index in [0.29, 0.717) is 42.5 Å². The number of hydrogen-bond acceptors (Lipinski definition) is 4. The normalized spacial score (nSPS) is 25.7. The van der Waals surface area contributed by atoms with Gasteiger partial charge in [-0.3, -0.25) is 9.59 Å². The summed E-state index contributed by atoms with van der Waals surface area (Å²) in [6, 6.07) is 18.8. The number of nitrogens with one attached hydrogen (secondary N) is 2. The number of hydrogen-bond donors (Lipinski definition) is 2. The fourth-order valence-corrected chi connectivity index (χ4v) is 8.75. The Hall–Kier alpha value is -3.84. The second-order valence-electron chi connectivity index (χ2n) is 13.4. The highest BCUT2D eigenvalue weighted by atomic mass is 19.1. The van der Waals surface area contributed by atoms with Crippen LogP contribution in [0.15, 0.2) is 65.5 Å². The summed E-state index contributed by atoms with van der Waals surface area (Å²) in [7, 11) is 0. The van der Waals surface area contributed by atoms with E-state index in [1.54, 1.807) is 35.4 Å². The number of amides is 1. The lowest BCUT2D eigenvalue weighted by Crippen LogP contribution is -2.45. The molecule has 0 radical (unpaired) electrons. The van der Waals surface area contributed by atoms with Crippen LogP contribution >= 0.6 is 0 Å². The maximum Gasteiger partial charge on any atom is 0.272 e. The van der Waals surface area contributed by atoms with Crippen LogP contribution in [0.2, 0.25) is 0 Å². The Bertz CT molecular complexity index is 1780. The van der Waals surface area contributed by atoms with Gasteiger partial charge in [0.25, 0.3) is 11.5 Å². The van der Waals surface area contributed by atoms with Gasteiger partial charge in [-0.25, -0.2) is 9.49 Å². The molecule has 5 atom stereocenters. The topological polar surface area (TPSA) is 84.1 Å². The lowest BCUT2D eigenvalue weighted by atomic mass is 9.55. The molecule has 1 amide bonds. The molecular weight excluding hydrogens is 553 g/mol. The molecule has 3 aliphatic carbocycles. The summed E-state index contributed by atoms with van der Waals surface area (Å²) in [5.41, 5.74) is 5.80. The maximum atomic E-state index is 14.7. The van der Waals surface area contributed by atoms with Crippen LogP contribution in [0.1, 0.15) is 83.3 Å². The molecule has 0 aliphatic heterocycles. The zero-order valence-electron chi connectivity index (χ0n) is 25.5. The molecule has 7 heteroatoms. The van der Waals surface area contributed by atoms with Gasteiger partial charge in [0, 0.05) is 18.4 Å². The summed E-state index contributed by atoms with van der Waals surface area (Å²) in [5, 5.41) is 10.9. The first-order valence-electron chi connectivity index (χ1n) is 16.1. The summed E-state index contributed by atoms with van der Waals surface area (Å²) in [6.07, 6.45) is 7.63. The van der Waals surface area contributed by atoms with Crippen molar-refractivity contribution in [1.82, 2.24) is 15.5 Å². The molecule has 44 heavy (non-hydrogen) atoms. The highest BCUT2D eigenvalue weighted by molar-refractivity contribution is 5.94. The summed E-state index contributed by atoms with van der Waals surface area (Å²) in [6.45, 7) is 5.35. The van der Waals surface area contributed by atoms with E-state index in [1.807, 2.05) is 12.1 Å². The molecule has 2 fully saturated rings. The van der Waals surface area contributed by atoms with Gasteiger partial charge < -0.3 is 10.1 Å². The van der Waals surface area contributed by atoms with Gasteiger partial charge in [0.15, 0.2) is 0 Å². The molecule has 7 rings (SSSR count). The van der Waals surface area contributed by atoms with Crippen molar-refractivity contribution in [2.45, 2.75) is 70.8 Å². The molecule has 3 aromatic carbocycles. The molecule has 2 N–H and O–H groups in total. The van der Waals surface area contributed by atoms with Gasteiger partial charge in [-0.05, 0) is 104 Å². The predicted octanol–water partition coefficient (Wildman–Crippen LogP) is 6.63. The number of halogens is 1. The number of carbonyl (C=O) groups excluding carboxylic acids is 1. The third kappa shape index (κ3) is 5.15. The smallest absolute Gasteiger partial charge is 0.272 e. The minimum Gasteiger partial charge on any atom is -0.376 e. The standard InChI is InChI=1S/C37H40FN3O3/c1-22-7-10-25-24(19-22)9-11-27-26(25)15-16-37(2)31(27)12-14-34(37)44-18-17-39-35(42)30-20-23(8-13-32(30)38)21-33-28-5-3-4-6-29(28)36(43)41-40-33/h3-8,10,13,19-20,26-27,31,34H,9,11-12,14-18,21H2,1-2H3,(H,39,42)(H,41,43)/t26-,27-,31+,34+,37+/m1/s1. The number of aryl methyl sites for hydroxylation is 2. The largest absolute Gasteiger partial charge is 0.376 e. The van der Waals surface area contributed by atoms with E-state index in [-0.39, 0.29) is 22.6 Å². The van der Waals surface area contributed by atoms with Crippen LogP contribution in [0.5, 0.6) is 0 Å². The number of ether oxygens (including phenoxy) is 1. The van der Waals surface area contributed by atoms with Gasteiger partial charge in [-0.2, -0.15) is 5.10 Å².